The predicted octanol–water partition coefficient (Wildman–Crippen LogP) is 1.81. The van der Waals surface area contributed by atoms with E-state index in [1.807, 2.05) is 24.3 Å². The predicted molar refractivity (Wildman–Crippen MR) is 85.6 cm³/mol. The highest BCUT2D eigenvalue weighted by molar-refractivity contribution is 5.65. The maximum atomic E-state index is 5.81. The molecule has 2 N–H and O–H groups in total. The molecule has 0 atom stereocenters. The second kappa shape index (κ2) is 6.45. The van der Waals surface area contributed by atoms with Crippen molar-refractivity contribution in [3.05, 3.63) is 48.4 Å². The largest absolute Gasteiger partial charge is 0.497 e. The van der Waals surface area contributed by atoms with Crippen LogP contribution in [0.25, 0.3) is 16.9 Å². The van der Waals surface area contributed by atoms with Crippen LogP contribution in [0.3, 0.4) is 0 Å². The molecule has 3 rings (SSSR count). The van der Waals surface area contributed by atoms with Gasteiger partial charge in [0.15, 0.2) is 0 Å². The van der Waals surface area contributed by atoms with Crippen molar-refractivity contribution in [2.75, 3.05) is 14.2 Å². The summed E-state index contributed by atoms with van der Waals surface area (Å²) < 4.78 is 12.4. The Bertz CT molecular complexity index is 801. The van der Waals surface area contributed by atoms with Gasteiger partial charge in [-0.2, -0.15) is 0 Å². The van der Waals surface area contributed by atoms with Gasteiger partial charge < -0.3 is 15.2 Å². The highest BCUT2D eigenvalue weighted by atomic mass is 16.5. The fourth-order valence-corrected chi connectivity index (χ4v) is 2.37. The van der Waals surface area contributed by atoms with E-state index in [0.717, 1.165) is 16.9 Å². The van der Waals surface area contributed by atoms with Gasteiger partial charge in [0.25, 0.3) is 0 Å². The zero-order valence-corrected chi connectivity index (χ0v) is 12.9. The summed E-state index contributed by atoms with van der Waals surface area (Å²) >= 11 is 0. The van der Waals surface area contributed by atoms with Gasteiger partial charge >= 0.3 is 0 Å². The summed E-state index contributed by atoms with van der Waals surface area (Å²) in [4.78, 5) is 4.16. The number of nitrogens with zero attached hydrogens (tertiary/aromatic N) is 4. The Kier molecular flexibility index (Phi) is 4.20. The van der Waals surface area contributed by atoms with E-state index in [1.165, 1.54) is 0 Å². The lowest BCUT2D eigenvalue weighted by Gasteiger charge is -2.12. The number of ether oxygens (including phenoxy) is 2. The van der Waals surface area contributed by atoms with E-state index in [9.17, 15) is 0 Å². The fraction of sp³-hybridized carbons (Fsp3) is 0.188. The van der Waals surface area contributed by atoms with E-state index in [-0.39, 0.29) is 6.54 Å². The second-order valence-electron chi connectivity index (χ2n) is 4.78. The molecular weight excluding hydrogens is 294 g/mol. The molecule has 0 amide bonds. The maximum absolute atomic E-state index is 5.81. The first-order valence-electron chi connectivity index (χ1n) is 7.06. The molecule has 0 aliphatic rings. The lowest BCUT2D eigenvalue weighted by molar-refractivity contribution is 0.392. The maximum Gasteiger partial charge on any atom is 0.148 e. The fourth-order valence-electron chi connectivity index (χ4n) is 2.37. The molecule has 0 radical (unpaired) electrons. The smallest absolute Gasteiger partial charge is 0.148 e. The first-order valence-corrected chi connectivity index (χ1v) is 7.06. The van der Waals surface area contributed by atoms with E-state index >= 15 is 0 Å². The molecule has 0 saturated heterocycles. The van der Waals surface area contributed by atoms with Crippen LogP contribution < -0.4 is 15.2 Å². The van der Waals surface area contributed by atoms with Crippen molar-refractivity contribution in [1.29, 1.82) is 0 Å². The molecule has 1 aromatic carbocycles. The van der Waals surface area contributed by atoms with Gasteiger partial charge in [-0.15, -0.1) is 5.10 Å². The number of methoxy groups -OCH3 is 2. The molecule has 0 spiro atoms. The van der Waals surface area contributed by atoms with Gasteiger partial charge in [-0.25, -0.2) is 4.68 Å². The zero-order valence-electron chi connectivity index (χ0n) is 12.9. The van der Waals surface area contributed by atoms with Crippen LogP contribution in [0.1, 0.15) is 5.69 Å². The van der Waals surface area contributed by atoms with E-state index in [0.29, 0.717) is 17.2 Å². The summed E-state index contributed by atoms with van der Waals surface area (Å²) in [5, 5.41) is 8.41. The van der Waals surface area contributed by atoms with Crippen molar-refractivity contribution in [3.63, 3.8) is 0 Å². The van der Waals surface area contributed by atoms with Crippen LogP contribution in [0.4, 0.5) is 0 Å². The van der Waals surface area contributed by atoms with Crippen LogP contribution in [0, 0.1) is 0 Å². The molecule has 0 aliphatic heterocycles. The number of benzene rings is 1. The van der Waals surface area contributed by atoms with Crippen molar-refractivity contribution < 1.29 is 9.47 Å². The monoisotopic (exact) mass is 311 g/mol. The number of aromatic nitrogens is 4. The highest BCUT2D eigenvalue weighted by Crippen LogP contribution is 2.31. The van der Waals surface area contributed by atoms with E-state index < -0.39 is 0 Å². The standard InChI is InChI=1S/C16H17N5O2/c1-22-12-5-6-14(15(8-12)23-2)21-16(13(9-17)19-20-21)11-4-3-7-18-10-11/h3-8,10H,9,17H2,1-2H3. The van der Waals surface area contributed by atoms with Crippen LogP contribution in [0.15, 0.2) is 42.7 Å². The minimum atomic E-state index is 0.280. The average Bonchev–Trinajstić information content (AvgIpc) is 3.05. The minimum absolute atomic E-state index is 0.280. The molecule has 7 heteroatoms. The third kappa shape index (κ3) is 2.74. The third-order valence-electron chi connectivity index (χ3n) is 3.48. The molecule has 0 unspecified atom stereocenters. The van der Waals surface area contributed by atoms with Gasteiger partial charge in [0, 0.05) is 30.6 Å². The Labute approximate surface area is 133 Å². The van der Waals surface area contributed by atoms with E-state index in [2.05, 4.69) is 15.3 Å². The second-order valence-corrected chi connectivity index (χ2v) is 4.78. The third-order valence-corrected chi connectivity index (χ3v) is 3.48. The molecular formula is C16H17N5O2. The molecule has 2 heterocycles. The van der Waals surface area contributed by atoms with Gasteiger partial charge in [-0.05, 0) is 24.3 Å². The van der Waals surface area contributed by atoms with E-state index in [1.54, 1.807) is 37.4 Å². The summed E-state index contributed by atoms with van der Waals surface area (Å²) in [5.41, 5.74) is 8.93. The first-order chi connectivity index (χ1) is 11.3. The molecule has 0 aliphatic carbocycles. The van der Waals surface area contributed by atoms with Crippen LogP contribution in [-0.4, -0.2) is 34.2 Å². The number of rotatable bonds is 5. The highest BCUT2D eigenvalue weighted by Gasteiger charge is 2.18. The minimum Gasteiger partial charge on any atom is -0.497 e. The lowest BCUT2D eigenvalue weighted by Crippen LogP contribution is -2.04. The number of nitrogens with two attached hydrogens (primary N) is 1. The van der Waals surface area contributed by atoms with Gasteiger partial charge in [-0.1, -0.05) is 5.21 Å². The number of hydrogen-bond donors (Lipinski definition) is 1. The van der Waals surface area contributed by atoms with Crippen LogP contribution in [0.2, 0.25) is 0 Å². The van der Waals surface area contributed by atoms with Crippen molar-refractivity contribution in [2.24, 2.45) is 5.73 Å². The SMILES string of the molecule is COc1ccc(-n2nnc(CN)c2-c2cccnc2)c(OC)c1. The lowest BCUT2D eigenvalue weighted by atomic mass is 10.1. The van der Waals surface area contributed by atoms with Gasteiger partial charge in [0.2, 0.25) is 0 Å². The summed E-state index contributed by atoms with van der Waals surface area (Å²) in [6.45, 7) is 0.280. The molecule has 0 saturated carbocycles. The first kappa shape index (κ1) is 15.0. The zero-order chi connectivity index (χ0) is 16.2. The molecule has 118 valence electrons. The van der Waals surface area contributed by atoms with Crippen molar-refractivity contribution >= 4 is 0 Å². The summed E-state index contributed by atoms with van der Waals surface area (Å²) in [5.74, 6) is 1.33. The molecule has 0 bridgehead atoms. The molecule has 3 aromatic rings. The summed E-state index contributed by atoms with van der Waals surface area (Å²) in [6, 6.07) is 9.31. The van der Waals surface area contributed by atoms with Crippen molar-refractivity contribution in [2.45, 2.75) is 6.54 Å². The quantitative estimate of drug-likeness (QED) is 0.773. The van der Waals surface area contributed by atoms with Crippen LogP contribution >= 0.6 is 0 Å². The van der Waals surface area contributed by atoms with Gasteiger partial charge in [0.1, 0.15) is 28.6 Å². The number of pyridine rings is 1. The molecule has 7 nitrogen and oxygen atoms in total. The Morgan fingerprint density at radius 3 is 2.70 bits per heavy atom. The Hall–Kier alpha value is -2.93. The Balaban J connectivity index is 2.20. The van der Waals surface area contributed by atoms with E-state index in [4.69, 9.17) is 15.2 Å². The summed E-state index contributed by atoms with van der Waals surface area (Å²) in [6.07, 6.45) is 3.47. The number of hydrogen-bond acceptors (Lipinski definition) is 6. The van der Waals surface area contributed by atoms with Gasteiger partial charge in [0.05, 0.1) is 14.2 Å². The van der Waals surface area contributed by atoms with Crippen LogP contribution in [-0.2, 0) is 6.54 Å². The van der Waals surface area contributed by atoms with Crippen molar-refractivity contribution in [1.82, 2.24) is 20.0 Å². The Morgan fingerprint density at radius 1 is 1.17 bits per heavy atom. The molecule has 2 aromatic heterocycles. The topological polar surface area (TPSA) is 88.1 Å². The van der Waals surface area contributed by atoms with Crippen molar-refractivity contribution in [3.8, 4) is 28.4 Å². The Morgan fingerprint density at radius 2 is 2.04 bits per heavy atom. The van der Waals surface area contributed by atoms with Crippen LogP contribution in [0.5, 0.6) is 11.5 Å². The normalized spacial score (nSPS) is 10.6. The van der Waals surface area contributed by atoms with Gasteiger partial charge in [-0.3, -0.25) is 4.98 Å². The average molecular weight is 311 g/mol. The molecule has 0 fully saturated rings. The summed E-state index contributed by atoms with van der Waals surface area (Å²) in [7, 11) is 3.21. The molecule has 23 heavy (non-hydrogen) atoms.